The average Bonchev–Trinajstić information content (AvgIpc) is 2.48. The van der Waals surface area contributed by atoms with E-state index >= 15 is 0 Å². The smallest absolute Gasteiger partial charge is 0.142 e. The van der Waals surface area contributed by atoms with Crippen LogP contribution in [0.25, 0.3) is 0 Å². The van der Waals surface area contributed by atoms with Crippen molar-refractivity contribution in [1.29, 1.82) is 0 Å². The normalized spacial score (nSPS) is 26.7. The molecule has 1 aliphatic rings. The van der Waals surface area contributed by atoms with Crippen molar-refractivity contribution in [3.63, 3.8) is 0 Å². The molecule has 1 aromatic heterocycles. The first-order chi connectivity index (χ1) is 8.15. The van der Waals surface area contributed by atoms with Crippen LogP contribution in [0.3, 0.4) is 0 Å². The molecule has 94 valence electrons. The predicted molar refractivity (Wildman–Crippen MR) is 69.1 cm³/mol. The predicted octanol–water partition coefficient (Wildman–Crippen LogP) is 1.13. The topological polar surface area (TPSA) is 46.1 Å². The van der Waals surface area contributed by atoms with Crippen molar-refractivity contribution in [2.75, 3.05) is 18.8 Å². The maximum atomic E-state index is 11.7. The fraction of sp³-hybridized carbons (Fsp3) is 0.667. The zero-order valence-corrected chi connectivity index (χ0v) is 11.2. The summed E-state index contributed by atoms with van der Waals surface area (Å²) in [6, 6.07) is 0. The summed E-state index contributed by atoms with van der Waals surface area (Å²) < 4.78 is 11.7. The Kier molecular flexibility index (Phi) is 4.23. The van der Waals surface area contributed by atoms with Crippen molar-refractivity contribution in [2.24, 2.45) is 0 Å². The number of nitrogens with zero attached hydrogens (tertiary/aromatic N) is 3. The lowest BCUT2D eigenvalue weighted by molar-refractivity contribution is 0.276. The first kappa shape index (κ1) is 12.6. The maximum Gasteiger partial charge on any atom is 0.142 e. The second kappa shape index (κ2) is 5.69. The summed E-state index contributed by atoms with van der Waals surface area (Å²) in [5.74, 6) is 1.63. The van der Waals surface area contributed by atoms with E-state index in [0.29, 0.717) is 5.25 Å². The second-order valence-corrected chi connectivity index (χ2v) is 6.61. The van der Waals surface area contributed by atoms with Crippen molar-refractivity contribution in [3.05, 3.63) is 23.8 Å². The molecule has 2 unspecified atom stereocenters. The van der Waals surface area contributed by atoms with Gasteiger partial charge in [-0.2, -0.15) is 0 Å². The molecule has 0 bridgehead atoms. The number of aryl methyl sites for hydroxylation is 1. The van der Waals surface area contributed by atoms with E-state index < -0.39 is 10.8 Å². The summed E-state index contributed by atoms with van der Waals surface area (Å²) in [7, 11) is -0.667. The van der Waals surface area contributed by atoms with Crippen LogP contribution < -0.4 is 0 Å². The molecule has 5 heteroatoms. The number of hydrogen-bond donors (Lipinski definition) is 0. The molecule has 1 fully saturated rings. The lowest BCUT2D eigenvalue weighted by Gasteiger charge is -2.18. The van der Waals surface area contributed by atoms with Gasteiger partial charge in [0.15, 0.2) is 0 Å². The SMILES string of the molecule is Cc1cnc(CN2CCC(C)S(=O)CC2)nc1. The summed E-state index contributed by atoms with van der Waals surface area (Å²) in [4.78, 5) is 10.9. The molecular formula is C12H19N3OS. The van der Waals surface area contributed by atoms with Gasteiger partial charge in [0, 0.05) is 40.7 Å². The van der Waals surface area contributed by atoms with E-state index in [-0.39, 0.29) is 0 Å². The van der Waals surface area contributed by atoms with Crippen molar-refractivity contribution in [2.45, 2.75) is 32.1 Å². The van der Waals surface area contributed by atoms with Gasteiger partial charge < -0.3 is 0 Å². The van der Waals surface area contributed by atoms with Crippen LogP contribution in [0, 0.1) is 6.92 Å². The van der Waals surface area contributed by atoms with Gasteiger partial charge in [0.1, 0.15) is 5.82 Å². The monoisotopic (exact) mass is 253 g/mol. The Morgan fingerprint density at radius 3 is 2.82 bits per heavy atom. The van der Waals surface area contributed by atoms with E-state index in [2.05, 4.69) is 21.8 Å². The molecule has 2 heterocycles. The quantitative estimate of drug-likeness (QED) is 0.792. The van der Waals surface area contributed by atoms with Gasteiger partial charge >= 0.3 is 0 Å². The first-order valence-electron chi connectivity index (χ1n) is 6.02. The molecule has 4 nitrogen and oxygen atoms in total. The third kappa shape index (κ3) is 3.57. The number of rotatable bonds is 2. The largest absolute Gasteiger partial charge is 0.295 e. The van der Waals surface area contributed by atoms with Crippen LogP contribution in [0.1, 0.15) is 24.7 Å². The Morgan fingerprint density at radius 2 is 2.12 bits per heavy atom. The Hall–Kier alpha value is -0.810. The molecule has 0 radical (unpaired) electrons. The van der Waals surface area contributed by atoms with Gasteiger partial charge in [0.05, 0.1) is 6.54 Å². The molecule has 17 heavy (non-hydrogen) atoms. The molecule has 2 rings (SSSR count). The van der Waals surface area contributed by atoms with Gasteiger partial charge in [-0.3, -0.25) is 9.11 Å². The molecule has 0 spiro atoms. The van der Waals surface area contributed by atoms with E-state index in [9.17, 15) is 4.21 Å². The highest BCUT2D eigenvalue weighted by Gasteiger charge is 2.19. The Labute approximate surface area is 105 Å². The number of aromatic nitrogens is 2. The van der Waals surface area contributed by atoms with E-state index in [4.69, 9.17) is 0 Å². The highest BCUT2D eigenvalue weighted by atomic mass is 32.2. The zero-order chi connectivity index (χ0) is 12.3. The van der Waals surface area contributed by atoms with Crippen LogP contribution in [0.4, 0.5) is 0 Å². The van der Waals surface area contributed by atoms with Crippen LogP contribution in [-0.4, -0.2) is 43.2 Å². The fourth-order valence-electron chi connectivity index (χ4n) is 1.89. The summed E-state index contributed by atoms with van der Waals surface area (Å²) in [5.41, 5.74) is 1.08. The lowest BCUT2D eigenvalue weighted by atomic mass is 10.3. The van der Waals surface area contributed by atoms with Gasteiger partial charge in [-0.15, -0.1) is 0 Å². The van der Waals surface area contributed by atoms with Crippen LogP contribution in [-0.2, 0) is 17.3 Å². The second-order valence-electron chi connectivity index (χ2n) is 4.64. The summed E-state index contributed by atoms with van der Waals surface area (Å²) in [6.45, 7) is 6.70. The minimum absolute atomic E-state index is 0.318. The minimum atomic E-state index is -0.667. The molecular weight excluding hydrogens is 234 g/mol. The molecule has 0 aliphatic carbocycles. The Morgan fingerprint density at radius 1 is 1.41 bits per heavy atom. The average molecular weight is 253 g/mol. The Bertz CT molecular complexity index is 393. The van der Waals surface area contributed by atoms with Gasteiger partial charge in [-0.05, 0) is 25.5 Å². The van der Waals surface area contributed by atoms with Crippen LogP contribution >= 0.6 is 0 Å². The molecule has 2 atom stereocenters. The van der Waals surface area contributed by atoms with E-state index in [1.54, 1.807) is 0 Å². The van der Waals surface area contributed by atoms with E-state index in [1.807, 2.05) is 19.3 Å². The van der Waals surface area contributed by atoms with Crippen molar-refractivity contribution >= 4 is 10.8 Å². The van der Waals surface area contributed by atoms with Gasteiger partial charge in [0.2, 0.25) is 0 Å². The summed E-state index contributed by atoms with van der Waals surface area (Å²) in [6.07, 6.45) is 4.69. The lowest BCUT2D eigenvalue weighted by Crippen LogP contribution is -2.27. The van der Waals surface area contributed by atoms with Crippen LogP contribution in [0.15, 0.2) is 12.4 Å². The molecule has 1 saturated heterocycles. The highest BCUT2D eigenvalue weighted by Crippen LogP contribution is 2.11. The van der Waals surface area contributed by atoms with E-state index in [1.165, 1.54) is 0 Å². The minimum Gasteiger partial charge on any atom is -0.295 e. The summed E-state index contributed by atoms with van der Waals surface area (Å²) in [5, 5.41) is 0.318. The van der Waals surface area contributed by atoms with Crippen LogP contribution in [0.5, 0.6) is 0 Å². The van der Waals surface area contributed by atoms with E-state index in [0.717, 1.165) is 43.2 Å². The standard InChI is InChI=1S/C12H19N3OS/c1-10-7-13-12(14-8-10)9-15-4-3-11(2)17(16)6-5-15/h7-8,11H,3-6,9H2,1-2H3. The molecule has 0 N–H and O–H groups in total. The van der Waals surface area contributed by atoms with Gasteiger partial charge in [-0.1, -0.05) is 6.92 Å². The molecule has 1 aromatic rings. The van der Waals surface area contributed by atoms with Crippen LogP contribution in [0.2, 0.25) is 0 Å². The van der Waals surface area contributed by atoms with Crippen molar-refractivity contribution in [3.8, 4) is 0 Å². The fourth-order valence-corrected chi connectivity index (χ4v) is 3.10. The molecule has 0 saturated carbocycles. The molecule has 1 aliphatic heterocycles. The third-order valence-electron chi connectivity index (χ3n) is 3.11. The van der Waals surface area contributed by atoms with Crippen molar-refractivity contribution < 1.29 is 4.21 Å². The van der Waals surface area contributed by atoms with Gasteiger partial charge in [0.25, 0.3) is 0 Å². The third-order valence-corrected chi connectivity index (χ3v) is 4.83. The van der Waals surface area contributed by atoms with Gasteiger partial charge in [-0.25, -0.2) is 9.97 Å². The molecule has 0 aromatic carbocycles. The zero-order valence-electron chi connectivity index (χ0n) is 10.4. The highest BCUT2D eigenvalue weighted by molar-refractivity contribution is 7.85. The summed E-state index contributed by atoms with van der Waals surface area (Å²) >= 11 is 0. The molecule has 0 amide bonds. The number of hydrogen-bond acceptors (Lipinski definition) is 4. The Balaban J connectivity index is 1.95. The maximum absolute atomic E-state index is 11.7. The first-order valence-corrected chi connectivity index (χ1v) is 7.40. The van der Waals surface area contributed by atoms with Crippen molar-refractivity contribution in [1.82, 2.24) is 14.9 Å².